The van der Waals surface area contributed by atoms with E-state index in [2.05, 4.69) is 61.7 Å². The molecule has 1 aliphatic carbocycles. The Labute approximate surface area is 210 Å². The zero-order valence-corrected chi connectivity index (χ0v) is 20.8. The van der Waals surface area contributed by atoms with E-state index in [-0.39, 0.29) is 11.9 Å². The molecule has 0 unspecified atom stereocenters. The third kappa shape index (κ3) is 8.86. The molecule has 0 amide bonds. The van der Waals surface area contributed by atoms with Gasteiger partial charge in [-0.15, -0.1) is 0 Å². The maximum absolute atomic E-state index is 11.1. The van der Waals surface area contributed by atoms with E-state index < -0.39 is 0 Å². The highest BCUT2D eigenvalue weighted by atomic mass is 16.5. The SMILES string of the molecule is C=CC(=O)OCCCCC1CCC(c2ccc(-c3ccc(CCCOC(=O)C=C)cc3)cc2)CC1. The molecule has 0 spiro atoms. The quantitative estimate of drug-likeness (QED) is 0.175. The molecule has 3 rings (SSSR count). The van der Waals surface area contributed by atoms with E-state index >= 15 is 0 Å². The summed E-state index contributed by atoms with van der Waals surface area (Å²) in [5.74, 6) is 0.770. The number of benzene rings is 2. The van der Waals surface area contributed by atoms with Gasteiger partial charge in [0.25, 0.3) is 0 Å². The van der Waals surface area contributed by atoms with Gasteiger partial charge >= 0.3 is 11.9 Å². The zero-order valence-electron chi connectivity index (χ0n) is 20.8. The van der Waals surface area contributed by atoms with Gasteiger partial charge < -0.3 is 9.47 Å². The maximum atomic E-state index is 11.1. The molecule has 2 aromatic carbocycles. The smallest absolute Gasteiger partial charge is 0.330 e. The van der Waals surface area contributed by atoms with E-state index in [9.17, 15) is 9.59 Å². The van der Waals surface area contributed by atoms with Crippen molar-refractivity contribution in [3.63, 3.8) is 0 Å². The number of aryl methyl sites for hydroxylation is 1. The molecule has 35 heavy (non-hydrogen) atoms. The van der Waals surface area contributed by atoms with E-state index in [0.29, 0.717) is 19.1 Å². The molecule has 1 fully saturated rings. The second-order valence-corrected chi connectivity index (χ2v) is 9.38. The minimum Gasteiger partial charge on any atom is -0.463 e. The first-order valence-electron chi connectivity index (χ1n) is 12.9. The van der Waals surface area contributed by atoms with Gasteiger partial charge in [0, 0.05) is 12.2 Å². The molecular weight excluding hydrogens is 436 g/mol. The van der Waals surface area contributed by atoms with Crippen molar-refractivity contribution in [3.05, 3.63) is 85.0 Å². The number of unbranched alkanes of at least 4 members (excludes halogenated alkanes) is 1. The lowest BCUT2D eigenvalue weighted by atomic mass is 9.77. The lowest BCUT2D eigenvalue weighted by molar-refractivity contribution is -0.138. The number of ether oxygens (including phenoxy) is 2. The number of hydrogen-bond acceptors (Lipinski definition) is 4. The van der Waals surface area contributed by atoms with Crippen LogP contribution < -0.4 is 0 Å². The predicted molar refractivity (Wildman–Crippen MR) is 141 cm³/mol. The summed E-state index contributed by atoms with van der Waals surface area (Å²) >= 11 is 0. The Hall–Kier alpha value is -3.14. The number of carbonyl (C=O) groups excluding carboxylic acids is 2. The summed E-state index contributed by atoms with van der Waals surface area (Å²) in [6.45, 7) is 7.74. The largest absolute Gasteiger partial charge is 0.463 e. The maximum Gasteiger partial charge on any atom is 0.330 e. The van der Waals surface area contributed by atoms with Crippen LogP contribution >= 0.6 is 0 Å². The summed E-state index contributed by atoms with van der Waals surface area (Å²) in [7, 11) is 0. The predicted octanol–water partition coefficient (Wildman–Crippen LogP) is 7.19. The highest BCUT2D eigenvalue weighted by Gasteiger charge is 2.22. The van der Waals surface area contributed by atoms with Crippen LogP contribution in [0.5, 0.6) is 0 Å². The first-order valence-corrected chi connectivity index (χ1v) is 12.9. The minimum atomic E-state index is -0.363. The summed E-state index contributed by atoms with van der Waals surface area (Å²) in [5, 5.41) is 0. The Kier molecular flexibility index (Phi) is 10.8. The van der Waals surface area contributed by atoms with Crippen molar-refractivity contribution in [2.75, 3.05) is 13.2 Å². The molecule has 0 bridgehead atoms. The Balaban J connectivity index is 1.39. The second kappa shape index (κ2) is 14.3. The lowest BCUT2D eigenvalue weighted by Gasteiger charge is -2.29. The Morgan fingerprint density at radius 1 is 0.743 bits per heavy atom. The molecule has 0 N–H and O–H groups in total. The third-order valence-corrected chi connectivity index (χ3v) is 6.95. The van der Waals surface area contributed by atoms with Crippen molar-refractivity contribution >= 4 is 11.9 Å². The molecule has 0 heterocycles. The van der Waals surface area contributed by atoms with Crippen LogP contribution in [0.4, 0.5) is 0 Å². The van der Waals surface area contributed by atoms with Gasteiger partial charge in [-0.2, -0.15) is 0 Å². The van der Waals surface area contributed by atoms with E-state index in [1.165, 1.54) is 66.5 Å². The van der Waals surface area contributed by atoms with E-state index in [1.807, 2.05) is 0 Å². The average Bonchev–Trinajstić information content (AvgIpc) is 2.91. The molecule has 186 valence electrons. The second-order valence-electron chi connectivity index (χ2n) is 9.38. The summed E-state index contributed by atoms with van der Waals surface area (Å²) in [4.78, 5) is 22.2. The minimum absolute atomic E-state index is 0.325. The molecule has 2 aromatic rings. The lowest BCUT2D eigenvalue weighted by Crippen LogP contribution is -2.13. The Morgan fingerprint density at radius 3 is 1.86 bits per heavy atom. The van der Waals surface area contributed by atoms with Crippen molar-refractivity contribution in [3.8, 4) is 11.1 Å². The highest BCUT2D eigenvalue weighted by molar-refractivity contribution is 5.81. The van der Waals surface area contributed by atoms with E-state index in [4.69, 9.17) is 9.47 Å². The van der Waals surface area contributed by atoms with Gasteiger partial charge in [0.05, 0.1) is 13.2 Å². The Morgan fingerprint density at radius 2 is 1.29 bits per heavy atom. The highest BCUT2D eigenvalue weighted by Crippen LogP contribution is 2.38. The standard InChI is InChI=1S/C31H38O4/c1-3-30(32)34-22-6-5-8-24-10-14-26(15-11-24)28-18-20-29(21-19-28)27-16-12-25(13-17-27)9-7-23-35-31(33)4-2/h3-4,12-13,16-21,24,26H,1-2,5-11,14-15,22-23H2. The molecule has 1 aliphatic rings. The molecule has 0 aromatic heterocycles. The van der Waals surface area contributed by atoms with Crippen LogP contribution in [0.1, 0.15) is 68.4 Å². The van der Waals surface area contributed by atoms with Crippen molar-refractivity contribution in [2.24, 2.45) is 5.92 Å². The topological polar surface area (TPSA) is 52.6 Å². The first kappa shape index (κ1) is 26.5. The normalized spacial score (nSPS) is 17.4. The van der Waals surface area contributed by atoms with Crippen LogP contribution in [0.25, 0.3) is 11.1 Å². The summed E-state index contributed by atoms with van der Waals surface area (Å²) in [5.41, 5.74) is 5.16. The van der Waals surface area contributed by atoms with Crippen LogP contribution in [-0.2, 0) is 25.5 Å². The first-order chi connectivity index (χ1) is 17.1. The van der Waals surface area contributed by atoms with E-state index in [0.717, 1.165) is 31.6 Å². The van der Waals surface area contributed by atoms with Gasteiger partial charge in [-0.05, 0) is 85.5 Å². The van der Waals surface area contributed by atoms with Gasteiger partial charge in [-0.25, -0.2) is 9.59 Å². The number of carbonyl (C=O) groups is 2. The van der Waals surface area contributed by atoms with Crippen molar-refractivity contribution in [1.82, 2.24) is 0 Å². The van der Waals surface area contributed by atoms with Gasteiger partial charge in [-0.3, -0.25) is 0 Å². The third-order valence-electron chi connectivity index (χ3n) is 6.95. The molecule has 4 heteroatoms. The van der Waals surface area contributed by atoms with Gasteiger partial charge in [0.1, 0.15) is 0 Å². The van der Waals surface area contributed by atoms with Gasteiger partial charge in [0.15, 0.2) is 0 Å². The summed E-state index contributed by atoms with van der Waals surface area (Å²) in [6, 6.07) is 17.7. The van der Waals surface area contributed by atoms with Crippen LogP contribution in [0, 0.1) is 5.92 Å². The fourth-order valence-corrected chi connectivity index (χ4v) is 4.87. The average molecular weight is 475 g/mol. The van der Waals surface area contributed by atoms with Crippen LogP contribution in [-0.4, -0.2) is 25.2 Å². The fourth-order valence-electron chi connectivity index (χ4n) is 4.87. The van der Waals surface area contributed by atoms with Gasteiger partial charge in [0.2, 0.25) is 0 Å². The van der Waals surface area contributed by atoms with Crippen molar-refractivity contribution in [2.45, 2.75) is 63.7 Å². The van der Waals surface area contributed by atoms with Crippen LogP contribution in [0.3, 0.4) is 0 Å². The molecular formula is C31H38O4. The molecule has 4 nitrogen and oxygen atoms in total. The Bertz CT molecular complexity index is 950. The van der Waals surface area contributed by atoms with Crippen LogP contribution in [0.15, 0.2) is 73.8 Å². The molecule has 0 saturated heterocycles. The van der Waals surface area contributed by atoms with E-state index in [1.54, 1.807) is 0 Å². The number of rotatable bonds is 13. The monoisotopic (exact) mass is 474 g/mol. The van der Waals surface area contributed by atoms with Crippen molar-refractivity contribution in [1.29, 1.82) is 0 Å². The molecule has 0 atom stereocenters. The molecule has 0 radical (unpaired) electrons. The number of hydrogen-bond donors (Lipinski definition) is 0. The van der Waals surface area contributed by atoms with Crippen LogP contribution in [0.2, 0.25) is 0 Å². The summed E-state index contributed by atoms with van der Waals surface area (Å²) < 4.78 is 10.1. The zero-order chi connectivity index (χ0) is 24.9. The molecule has 1 saturated carbocycles. The van der Waals surface area contributed by atoms with Crippen molar-refractivity contribution < 1.29 is 19.1 Å². The summed E-state index contributed by atoms with van der Waals surface area (Å²) in [6.07, 6.45) is 12.5. The molecule has 0 aliphatic heterocycles. The number of esters is 2. The fraction of sp³-hybridized carbons (Fsp3) is 0.419. The van der Waals surface area contributed by atoms with Gasteiger partial charge in [-0.1, -0.05) is 68.1 Å².